The van der Waals surface area contributed by atoms with Gasteiger partial charge >= 0.3 is 0 Å². The quantitative estimate of drug-likeness (QED) is 0.782. The summed E-state index contributed by atoms with van der Waals surface area (Å²) in [5.74, 6) is 0. The molecule has 3 heteroatoms. The van der Waals surface area contributed by atoms with Gasteiger partial charge in [-0.05, 0) is 6.92 Å². The number of benzene rings is 1. The van der Waals surface area contributed by atoms with Gasteiger partial charge in [0.1, 0.15) is 0 Å². The van der Waals surface area contributed by atoms with Crippen LogP contribution in [0.5, 0.6) is 0 Å². The molecule has 1 aromatic carbocycles. The van der Waals surface area contributed by atoms with Crippen LogP contribution in [0.1, 0.15) is 6.92 Å². The molecule has 1 N–H and O–H groups in total. The average Bonchev–Trinajstić information content (AvgIpc) is 2.30. The minimum Gasteiger partial charge on any atom is -0.397 e. The molecule has 0 radical (unpaired) electrons. The summed E-state index contributed by atoms with van der Waals surface area (Å²) < 4.78 is 9.31. The third kappa shape index (κ3) is 24.6. The first-order valence-electron chi connectivity index (χ1n) is 4.92. The second-order valence-corrected chi connectivity index (χ2v) is 2.46. The van der Waals surface area contributed by atoms with Gasteiger partial charge in [0, 0.05) is 20.8 Å². The van der Waals surface area contributed by atoms with Crippen LogP contribution < -0.4 is 0 Å². The third-order valence-corrected chi connectivity index (χ3v) is 1.16. The standard InChI is InChI=1S/C6H6.C4H10O2.C2H6O/c1-2-4-6-5-3-1;1-5-3-4-6-2;1-2-3/h1-6H;3-4H2,1-2H3;3H,2H2,1H3. The molecule has 0 aliphatic carbocycles. The van der Waals surface area contributed by atoms with E-state index >= 15 is 0 Å². The summed E-state index contributed by atoms with van der Waals surface area (Å²) in [5.41, 5.74) is 0. The Morgan fingerprint density at radius 1 is 0.800 bits per heavy atom. The Kier molecular flexibility index (Phi) is 20.7. The van der Waals surface area contributed by atoms with E-state index < -0.39 is 0 Å². The lowest BCUT2D eigenvalue weighted by Crippen LogP contribution is -1.96. The second kappa shape index (κ2) is 18.8. The molecular formula is C12H22O3. The molecule has 0 spiro atoms. The van der Waals surface area contributed by atoms with Crippen LogP contribution >= 0.6 is 0 Å². The highest BCUT2D eigenvalue weighted by molar-refractivity contribution is 4.99. The van der Waals surface area contributed by atoms with Crippen molar-refractivity contribution in [1.82, 2.24) is 0 Å². The number of hydrogen-bond acceptors (Lipinski definition) is 3. The van der Waals surface area contributed by atoms with E-state index in [4.69, 9.17) is 5.11 Å². The summed E-state index contributed by atoms with van der Waals surface area (Å²) in [7, 11) is 3.30. The fourth-order valence-corrected chi connectivity index (χ4v) is 0.552. The fraction of sp³-hybridized carbons (Fsp3) is 0.500. The Morgan fingerprint density at radius 2 is 1.00 bits per heavy atom. The van der Waals surface area contributed by atoms with Gasteiger partial charge in [-0.25, -0.2) is 0 Å². The van der Waals surface area contributed by atoms with Crippen LogP contribution in [-0.2, 0) is 9.47 Å². The van der Waals surface area contributed by atoms with E-state index in [1.165, 1.54) is 0 Å². The number of rotatable bonds is 3. The molecule has 0 bridgehead atoms. The van der Waals surface area contributed by atoms with Crippen LogP contribution in [0.2, 0.25) is 0 Å². The molecule has 3 nitrogen and oxygen atoms in total. The van der Waals surface area contributed by atoms with Crippen molar-refractivity contribution in [2.75, 3.05) is 34.0 Å². The zero-order valence-electron chi connectivity index (χ0n) is 9.85. The van der Waals surface area contributed by atoms with Crippen LogP contribution in [0.4, 0.5) is 0 Å². The Labute approximate surface area is 92.7 Å². The van der Waals surface area contributed by atoms with Crippen molar-refractivity contribution < 1.29 is 14.6 Å². The maximum atomic E-state index is 7.57. The van der Waals surface area contributed by atoms with Crippen LogP contribution in [-0.4, -0.2) is 39.1 Å². The van der Waals surface area contributed by atoms with Gasteiger partial charge in [-0.3, -0.25) is 0 Å². The summed E-state index contributed by atoms with van der Waals surface area (Å²) in [6, 6.07) is 12.0. The van der Waals surface area contributed by atoms with Crippen LogP contribution in [0.3, 0.4) is 0 Å². The number of hydrogen-bond donors (Lipinski definition) is 1. The van der Waals surface area contributed by atoms with Gasteiger partial charge in [0.25, 0.3) is 0 Å². The molecular weight excluding hydrogens is 192 g/mol. The largest absolute Gasteiger partial charge is 0.397 e. The van der Waals surface area contributed by atoms with E-state index in [1.807, 2.05) is 36.4 Å². The summed E-state index contributed by atoms with van der Waals surface area (Å²) in [6.45, 7) is 3.31. The fourth-order valence-electron chi connectivity index (χ4n) is 0.552. The van der Waals surface area contributed by atoms with E-state index in [0.717, 1.165) is 0 Å². The maximum Gasteiger partial charge on any atom is 0.0696 e. The van der Waals surface area contributed by atoms with Crippen molar-refractivity contribution in [2.24, 2.45) is 0 Å². The van der Waals surface area contributed by atoms with Crippen molar-refractivity contribution in [3.8, 4) is 0 Å². The summed E-state index contributed by atoms with van der Waals surface area (Å²) in [6.07, 6.45) is 0. The summed E-state index contributed by atoms with van der Waals surface area (Å²) in [5, 5.41) is 7.57. The molecule has 1 rings (SSSR count). The molecule has 88 valence electrons. The number of aliphatic hydroxyl groups excluding tert-OH is 1. The number of ether oxygens (including phenoxy) is 2. The first-order valence-corrected chi connectivity index (χ1v) is 4.92. The molecule has 0 saturated heterocycles. The zero-order valence-corrected chi connectivity index (χ0v) is 9.85. The van der Waals surface area contributed by atoms with Gasteiger partial charge in [-0.1, -0.05) is 36.4 Å². The molecule has 0 amide bonds. The minimum atomic E-state index is 0.250. The third-order valence-electron chi connectivity index (χ3n) is 1.16. The zero-order chi connectivity index (χ0) is 11.8. The van der Waals surface area contributed by atoms with Gasteiger partial charge in [-0.15, -0.1) is 0 Å². The molecule has 0 aliphatic rings. The van der Waals surface area contributed by atoms with Crippen molar-refractivity contribution in [3.05, 3.63) is 36.4 Å². The molecule has 0 aromatic heterocycles. The Morgan fingerprint density at radius 3 is 1.13 bits per heavy atom. The maximum absolute atomic E-state index is 7.57. The topological polar surface area (TPSA) is 38.7 Å². The normalized spacial score (nSPS) is 8.00. The SMILES string of the molecule is CCO.COCCOC.c1ccccc1. The van der Waals surface area contributed by atoms with Crippen LogP contribution in [0, 0.1) is 0 Å². The smallest absolute Gasteiger partial charge is 0.0696 e. The van der Waals surface area contributed by atoms with E-state index in [0.29, 0.717) is 13.2 Å². The molecule has 0 fully saturated rings. The lowest BCUT2D eigenvalue weighted by Gasteiger charge is -1.91. The molecule has 0 aliphatic heterocycles. The van der Waals surface area contributed by atoms with Crippen molar-refractivity contribution in [2.45, 2.75) is 6.92 Å². The highest BCUT2D eigenvalue weighted by atomic mass is 16.5. The first-order chi connectivity index (χ1) is 7.33. The predicted molar refractivity (Wildman–Crippen MR) is 63.0 cm³/mol. The monoisotopic (exact) mass is 214 g/mol. The molecule has 0 unspecified atom stereocenters. The van der Waals surface area contributed by atoms with Crippen LogP contribution in [0.25, 0.3) is 0 Å². The van der Waals surface area contributed by atoms with Crippen molar-refractivity contribution in [1.29, 1.82) is 0 Å². The van der Waals surface area contributed by atoms with E-state index in [9.17, 15) is 0 Å². The number of aliphatic hydroxyl groups is 1. The predicted octanol–water partition coefficient (Wildman–Crippen LogP) is 1.96. The van der Waals surface area contributed by atoms with Gasteiger partial charge < -0.3 is 14.6 Å². The lowest BCUT2D eigenvalue weighted by atomic mass is 10.4. The average molecular weight is 214 g/mol. The minimum absolute atomic E-state index is 0.250. The molecule has 0 saturated carbocycles. The number of methoxy groups -OCH3 is 2. The van der Waals surface area contributed by atoms with E-state index in [-0.39, 0.29) is 6.61 Å². The second-order valence-electron chi connectivity index (χ2n) is 2.46. The van der Waals surface area contributed by atoms with Gasteiger partial charge in [0.15, 0.2) is 0 Å². The van der Waals surface area contributed by atoms with Gasteiger partial charge in [0.05, 0.1) is 13.2 Å². The Balaban J connectivity index is 0. The highest BCUT2D eigenvalue weighted by Crippen LogP contribution is 1.79. The highest BCUT2D eigenvalue weighted by Gasteiger charge is 1.73. The lowest BCUT2D eigenvalue weighted by molar-refractivity contribution is 0.103. The van der Waals surface area contributed by atoms with E-state index in [2.05, 4.69) is 9.47 Å². The Bertz CT molecular complexity index is 135. The first kappa shape index (κ1) is 16.5. The molecule has 0 atom stereocenters. The molecule has 1 aromatic rings. The van der Waals surface area contributed by atoms with Crippen LogP contribution in [0.15, 0.2) is 36.4 Å². The van der Waals surface area contributed by atoms with Gasteiger partial charge in [0.2, 0.25) is 0 Å². The van der Waals surface area contributed by atoms with Gasteiger partial charge in [-0.2, -0.15) is 0 Å². The molecule has 0 heterocycles. The summed E-state index contributed by atoms with van der Waals surface area (Å²) in [4.78, 5) is 0. The Hall–Kier alpha value is -0.900. The van der Waals surface area contributed by atoms with Crippen molar-refractivity contribution in [3.63, 3.8) is 0 Å². The molecule has 15 heavy (non-hydrogen) atoms. The van der Waals surface area contributed by atoms with E-state index in [1.54, 1.807) is 21.1 Å². The van der Waals surface area contributed by atoms with Crippen molar-refractivity contribution >= 4 is 0 Å². The summed E-state index contributed by atoms with van der Waals surface area (Å²) >= 11 is 0.